The minimum atomic E-state index is -3.07. The Morgan fingerprint density at radius 3 is 2.33 bits per heavy atom. The monoisotopic (exact) mass is 278 g/mol. The number of aliphatic carboxylic acids is 1. The Kier molecular flexibility index (Phi) is 3.89. The summed E-state index contributed by atoms with van der Waals surface area (Å²) in [5, 5.41) is 11.5. The van der Waals surface area contributed by atoms with E-state index in [2.05, 4.69) is 5.32 Å². The maximum atomic E-state index is 11.8. The second-order valence-electron chi connectivity index (χ2n) is 4.97. The van der Waals surface area contributed by atoms with Crippen molar-refractivity contribution in [3.05, 3.63) is 0 Å². The minimum Gasteiger partial charge on any atom is -0.480 e. The van der Waals surface area contributed by atoms with Crippen LogP contribution in [0.5, 0.6) is 0 Å². The number of carboxylic acid groups (broad SMARTS) is 1. The van der Waals surface area contributed by atoms with Crippen molar-refractivity contribution in [2.45, 2.75) is 31.8 Å². The minimum absolute atomic E-state index is 0.0595. The lowest BCUT2D eigenvalue weighted by Gasteiger charge is -2.32. The van der Waals surface area contributed by atoms with Crippen LogP contribution in [0.2, 0.25) is 0 Å². The molecule has 1 unspecified atom stereocenters. The maximum Gasteiger partial charge on any atom is 0.329 e. The van der Waals surface area contributed by atoms with Crippen LogP contribution >= 0.6 is 0 Å². The van der Waals surface area contributed by atoms with E-state index in [0.29, 0.717) is 6.42 Å². The molecule has 1 aliphatic heterocycles. The van der Waals surface area contributed by atoms with Crippen molar-refractivity contribution in [3.63, 3.8) is 0 Å². The summed E-state index contributed by atoms with van der Waals surface area (Å²) in [5.74, 6) is -1.15. The summed E-state index contributed by atoms with van der Waals surface area (Å²) < 4.78 is 22.5. The number of hydrogen-bond acceptors (Lipinski definition) is 4. The highest BCUT2D eigenvalue weighted by Crippen LogP contribution is 2.15. The highest BCUT2D eigenvalue weighted by atomic mass is 32.2. The van der Waals surface area contributed by atoms with Crippen LogP contribution in [0, 0.1) is 0 Å². The molecule has 7 nitrogen and oxygen atoms in total. The van der Waals surface area contributed by atoms with Crippen molar-refractivity contribution >= 4 is 21.8 Å². The van der Waals surface area contributed by atoms with Crippen LogP contribution < -0.4 is 5.32 Å². The van der Waals surface area contributed by atoms with E-state index in [9.17, 15) is 18.0 Å². The molecule has 0 saturated carbocycles. The lowest BCUT2D eigenvalue weighted by atomic mass is 10.0. The van der Waals surface area contributed by atoms with Crippen LogP contribution in [0.25, 0.3) is 0 Å². The van der Waals surface area contributed by atoms with Gasteiger partial charge in [0.15, 0.2) is 9.84 Å². The van der Waals surface area contributed by atoms with Crippen LogP contribution in [0.1, 0.15) is 20.3 Å². The Balaban J connectivity index is 2.64. The number of nitrogens with one attached hydrogen (secondary N) is 1. The van der Waals surface area contributed by atoms with Crippen LogP contribution in [0.4, 0.5) is 4.79 Å². The third-order valence-electron chi connectivity index (χ3n) is 3.23. The van der Waals surface area contributed by atoms with Gasteiger partial charge in [-0.2, -0.15) is 0 Å². The summed E-state index contributed by atoms with van der Waals surface area (Å²) in [4.78, 5) is 23.9. The first-order valence-electron chi connectivity index (χ1n) is 5.54. The first-order chi connectivity index (χ1) is 8.06. The van der Waals surface area contributed by atoms with Crippen molar-refractivity contribution in [3.8, 4) is 0 Å². The number of sulfone groups is 1. The average Bonchev–Trinajstić information content (AvgIpc) is 2.56. The van der Waals surface area contributed by atoms with E-state index in [1.54, 1.807) is 0 Å². The lowest BCUT2D eigenvalue weighted by molar-refractivity contribution is -0.146. The van der Waals surface area contributed by atoms with Crippen molar-refractivity contribution < 1.29 is 23.1 Å². The summed E-state index contributed by atoms with van der Waals surface area (Å²) in [6, 6.07) is -1.01. The normalized spacial score (nSPS) is 22.5. The number of nitrogens with zero attached hydrogens (tertiary/aromatic N) is 1. The molecule has 104 valence electrons. The van der Waals surface area contributed by atoms with Crippen molar-refractivity contribution in [1.82, 2.24) is 10.2 Å². The number of carbonyl (C=O) groups is 2. The van der Waals surface area contributed by atoms with E-state index < -0.39 is 33.4 Å². The summed E-state index contributed by atoms with van der Waals surface area (Å²) >= 11 is 0. The fraction of sp³-hybridized carbons (Fsp3) is 0.800. The third-order valence-corrected chi connectivity index (χ3v) is 4.99. The van der Waals surface area contributed by atoms with Gasteiger partial charge in [-0.3, -0.25) is 0 Å². The second kappa shape index (κ2) is 4.75. The molecule has 1 aliphatic rings. The summed E-state index contributed by atoms with van der Waals surface area (Å²) in [6.07, 6.45) is 0.370. The molecule has 1 fully saturated rings. The van der Waals surface area contributed by atoms with Crippen molar-refractivity contribution in [2.24, 2.45) is 0 Å². The van der Waals surface area contributed by atoms with Gasteiger partial charge in [-0.1, -0.05) is 0 Å². The number of carbonyl (C=O) groups excluding carboxylic acids is 1. The first kappa shape index (κ1) is 14.7. The van der Waals surface area contributed by atoms with Crippen LogP contribution in [-0.2, 0) is 14.6 Å². The molecule has 0 aromatic carbocycles. The molecule has 1 atom stereocenters. The molecule has 8 heteroatoms. The van der Waals surface area contributed by atoms with E-state index in [0.717, 1.165) is 4.90 Å². The SMILES string of the molecule is CN(C(=O)NC1CCS(=O)(=O)C1)C(C)(C)C(=O)O. The Bertz CT molecular complexity index is 457. The molecule has 0 radical (unpaired) electrons. The van der Waals surface area contributed by atoms with Gasteiger partial charge in [0, 0.05) is 13.1 Å². The lowest BCUT2D eigenvalue weighted by Crippen LogP contribution is -2.55. The second-order valence-corrected chi connectivity index (χ2v) is 7.20. The van der Waals surface area contributed by atoms with Gasteiger partial charge >= 0.3 is 12.0 Å². The number of amides is 2. The number of carboxylic acids is 1. The topological polar surface area (TPSA) is 104 Å². The number of hydrogen-bond donors (Lipinski definition) is 2. The van der Waals surface area contributed by atoms with Gasteiger partial charge in [0.05, 0.1) is 11.5 Å². The molecule has 1 rings (SSSR count). The van der Waals surface area contributed by atoms with Crippen LogP contribution in [0.15, 0.2) is 0 Å². The fourth-order valence-electron chi connectivity index (χ4n) is 1.58. The standard InChI is InChI=1S/C10H18N2O5S/c1-10(2,8(13)14)12(3)9(15)11-7-4-5-18(16,17)6-7/h7H,4-6H2,1-3H3,(H,11,15)(H,13,14). The molecule has 0 bridgehead atoms. The average molecular weight is 278 g/mol. The summed E-state index contributed by atoms with van der Waals surface area (Å²) in [7, 11) is -1.70. The molecule has 1 saturated heterocycles. The Morgan fingerprint density at radius 2 is 1.94 bits per heavy atom. The van der Waals surface area contributed by atoms with E-state index in [1.165, 1.54) is 20.9 Å². The van der Waals surface area contributed by atoms with Gasteiger partial charge in [0.1, 0.15) is 5.54 Å². The third kappa shape index (κ3) is 3.12. The van der Waals surface area contributed by atoms with E-state index in [-0.39, 0.29) is 11.5 Å². The number of urea groups is 1. The molecule has 1 heterocycles. The van der Waals surface area contributed by atoms with Crippen LogP contribution in [-0.4, -0.2) is 60.6 Å². The van der Waals surface area contributed by atoms with E-state index >= 15 is 0 Å². The molecule has 0 spiro atoms. The smallest absolute Gasteiger partial charge is 0.329 e. The zero-order valence-electron chi connectivity index (χ0n) is 10.6. The zero-order valence-corrected chi connectivity index (χ0v) is 11.5. The quantitative estimate of drug-likeness (QED) is 0.736. The number of likely N-dealkylation sites (N-methyl/N-ethyl adjacent to an activating group) is 1. The molecule has 0 aromatic rings. The van der Waals surface area contributed by atoms with Gasteiger partial charge < -0.3 is 15.3 Å². The maximum absolute atomic E-state index is 11.8. The van der Waals surface area contributed by atoms with Gasteiger partial charge in [-0.15, -0.1) is 0 Å². The molecule has 2 N–H and O–H groups in total. The van der Waals surface area contributed by atoms with Crippen LogP contribution in [0.3, 0.4) is 0 Å². The molecule has 2 amide bonds. The molecule has 18 heavy (non-hydrogen) atoms. The van der Waals surface area contributed by atoms with Crippen molar-refractivity contribution in [2.75, 3.05) is 18.6 Å². The predicted molar refractivity (Wildman–Crippen MR) is 65.1 cm³/mol. The summed E-state index contributed by atoms with van der Waals surface area (Å²) in [5.41, 5.74) is -1.35. The van der Waals surface area contributed by atoms with Gasteiger partial charge in [0.25, 0.3) is 0 Å². The zero-order chi connectivity index (χ0) is 14.1. The largest absolute Gasteiger partial charge is 0.480 e. The highest BCUT2D eigenvalue weighted by Gasteiger charge is 2.37. The Morgan fingerprint density at radius 1 is 1.39 bits per heavy atom. The fourth-order valence-corrected chi connectivity index (χ4v) is 3.25. The molecule has 0 aliphatic carbocycles. The van der Waals surface area contributed by atoms with E-state index in [1.807, 2.05) is 0 Å². The summed E-state index contributed by atoms with van der Waals surface area (Å²) in [6.45, 7) is 2.81. The van der Waals surface area contributed by atoms with Gasteiger partial charge in [-0.05, 0) is 20.3 Å². The first-order valence-corrected chi connectivity index (χ1v) is 7.36. The number of rotatable bonds is 3. The van der Waals surface area contributed by atoms with Gasteiger partial charge in [0.2, 0.25) is 0 Å². The van der Waals surface area contributed by atoms with E-state index in [4.69, 9.17) is 5.11 Å². The Hall–Kier alpha value is -1.31. The van der Waals surface area contributed by atoms with Gasteiger partial charge in [-0.25, -0.2) is 18.0 Å². The van der Waals surface area contributed by atoms with Crippen molar-refractivity contribution in [1.29, 1.82) is 0 Å². The molecular weight excluding hydrogens is 260 g/mol. The molecular formula is C10H18N2O5S. The predicted octanol–water partition coefficient (Wildman–Crippen LogP) is -0.322. The Labute approximate surface area is 106 Å². The molecule has 0 aromatic heterocycles. The highest BCUT2D eigenvalue weighted by molar-refractivity contribution is 7.91.